The Morgan fingerprint density at radius 2 is 2.26 bits per heavy atom. The van der Waals surface area contributed by atoms with Gasteiger partial charge in [0.15, 0.2) is 5.13 Å². The van der Waals surface area contributed by atoms with Crippen molar-refractivity contribution in [3.05, 3.63) is 35.0 Å². The molecule has 1 atom stereocenters. The average molecular weight is 333 g/mol. The number of nitriles is 1. The number of thiazole rings is 1. The molecule has 0 aliphatic heterocycles. The number of amides is 1. The zero-order valence-electron chi connectivity index (χ0n) is 12.0. The molecule has 2 rings (SSSR count). The number of carbonyl (C=O) groups is 2. The molecule has 0 aliphatic rings. The smallest absolute Gasteiger partial charge is 0.304 e. The molecule has 0 bridgehead atoms. The molecule has 1 aromatic heterocycles. The van der Waals surface area contributed by atoms with Crippen molar-refractivity contribution < 1.29 is 19.1 Å². The van der Waals surface area contributed by atoms with E-state index < -0.39 is 23.6 Å². The van der Waals surface area contributed by atoms with Gasteiger partial charge in [-0.05, 0) is 12.1 Å². The summed E-state index contributed by atoms with van der Waals surface area (Å²) >= 11 is 0.951. The second kappa shape index (κ2) is 6.98. The van der Waals surface area contributed by atoms with Crippen LogP contribution in [0.25, 0.3) is 11.3 Å². The summed E-state index contributed by atoms with van der Waals surface area (Å²) in [7, 11) is 0. The van der Waals surface area contributed by atoms with Crippen LogP contribution < -0.4 is 5.32 Å². The number of carboxylic acid groups (broad SMARTS) is 1. The number of nitrogens with one attached hydrogen (secondary N) is 1. The first-order valence-electron chi connectivity index (χ1n) is 6.60. The van der Waals surface area contributed by atoms with Gasteiger partial charge in [0.1, 0.15) is 22.5 Å². The third-order valence-electron chi connectivity index (χ3n) is 2.99. The quantitative estimate of drug-likeness (QED) is 0.875. The maximum absolute atomic E-state index is 13.3. The van der Waals surface area contributed by atoms with Gasteiger partial charge in [-0.3, -0.25) is 9.59 Å². The van der Waals surface area contributed by atoms with Crippen LogP contribution in [0.3, 0.4) is 0 Å². The van der Waals surface area contributed by atoms with Gasteiger partial charge in [-0.25, -0.2) is 9.37 Å². The molecule has 8 heteroatoms. The Morgan fingerprint density at radius 1 is 1.52 bits per heavy atom. The summed E-state index contributed by atoms with van der Waals surface area (Å²) < 4.78 is 13.3. The third kappa shape index (κ3) is 4.11. The molecule has 0 unspecified atom stereocenters. The van der Waals surface area contributed by atoms with Crippen molar-refractivity contribution in [1.29, 1.82) is 5.26 Å². The number of hydrogen-bond donors (Lipinski definition) is 2. The summed E-state index contributed by atoms with van der Waals surface area (Å²) in [6, 6.07) is 7.58. The van der Waals surface area contributed by atoms with E-state index in [2.05, 4.69) is 10.3 Å². The summed E-state index contributed by atoms with van der Waals surface area (Å²) in [5.41, 5.74) is 0.704. The van der Waals surface area contributed by atoms with Crippen LogP contribution in [0.1, 0.15) is 18.2 Å². The fraction of sp³-hybridized carbons (Fsp3) is 0.200. The van der Waals surface area contributed by atoms with E-state index in [-0.39, 0.29) is 22.1 Å². The lowest BCUT2D eigenvalue weighted by molar-refractivity contribution is -0.139. The second-order valence-electron chi connectivity index (χ2n) is 4.81. The zero-order chi connectivity index (χ0) is 17.0. The fourth-order valence-electron chi connectivity index (χ4n) is 1.86. The maximum atomic E-state index is 13.3. The maximum Gasteiger partial charge on any atom is 0.304 e. The van der Waals surface area contributed by atoms with Crippen molar-refractivity contribution in [2.45, 2.75) is 13.3 Å². The minimum Gasteiger partial charge on any atom is -0.481 e. The number of aromatic nitrogens is 1. The molecule has 1 amide bonds. The molecule has 2 N–H and O–H groups in total. The van der Waals surface area contributed by atoms with Crippen LogP contribution in [0.5, 0.6) is 0 Å². The number of hydrogen-bond acceptors (Lipinski definition) is 5. The highest BCUT2D eigenvalue weighted by atomic mass is 32.1. The summed E-state index contributed by atoms with van der Waals surface area (Å²) in [6.07, 6.45) is -0.306. The Hall–Kier alpha value is -2.79. The molecule has 6 nitrogen and oxygen atoms in total. The van der Waals surface area contributed by atoms with Crippen LogP contribution in [0, 0.1) is 23.1 Å². The van der Waals surface area contributed by atoms with Crippen LogP contribution >= 0.6 is 11.3 Å². The summed E-state index contributed by atoms with van der Waals surface area (Å²) in [4.78, 5) is 26.9. The Balaban J connectivity index is 2.24. The van der Waals surface area contributed by atoms with Gasteiger partial charge in [0.2, 0.25) is 5.91 Å². The molecule has 0 saturated carbocycles. The predicted octanol–water partition coefficient (Wildman–Crippen LogP) is 2.87. The summed E-state index contributed by atoms with van der Waals surface area (Å²) in [5.74, 6) is -2.78. The van der Waals surface area contributed by atoms with E-state index in [1.807, 2.05) is 6.07 Å². The molecule has 1 aromatic carbocycles. The van der Waals surface area contributed by atoms with Gasteiger partial charge in [0.05, 0.1) is 6.42 Å². The Morgan fingerprint density at radius 3 is 2.87 bits per heavy atom. The van der Waals surface area contributed by atoms with Gasteiger partial charge in [-0.2, -0.15) is 5.26 Å². The van der Waals surface area contributed by atoms with E-state index in [4.69, 9.17) is 10.4 Å². The van der Waals surface area contributed by atoms with Crippen LogP contribution in [0.15, 0.2) is 24.3 Å². The number of aliphatic carboxylic acids is 1. The van der Waals surface area contributed by atoms with Crippen molar-refractivity contribution in [2.24, 2.45) is 5.92 Å². The molecular formula is C15H12FN3O3S. The highest BCUT2D eigenvalue weighted by Crippen LogP contribution is 2.31. The van der Waals surface area contributed by atoms with Gasteiger partial charge < -0.3 is 10.4 Å². The number of carboxylic acids is 1. The Kier molecular flexibility index (Phi) is 5.03. The molecule has 0 fully saturated rings. The Labute approximate surface area is 135 Å². The van der Waals surface area contributed by atoms with E-state index in [9.17, 15) is 14.0 Å². The van der Waals surface area contributed by atoms with Gasteiger partial charge in [0.25, 0.3) is 0 Å². The van der Waals surface area contributed by atoms with Crippen LogP contribution in [-0.2, 0) is 9.59 Å². The highest BCUT2D eigenvalue weighted by molar-refractivity contribution is 7.16. The number of rotatable bonds is 5. The minimum absolute atomic E-state index is 0.169. The zero-order valence-corrected chi connectivity index (χ0v) is 12.9. The van der Waals surface area contributed by atoms with E-state index in [0.29, 0.717) is 5.56 Å². The number of nitrogens with zero attached hydrogens (tertiary/aromatic N) is 2. The molecule has 2 aromatic rings. The molecular weight excluding hydrogens is 321 g/mol. The molecule has 0 spiro atoms. The summed E-state index contributed by atoms with van der Waals surface area (Å²) in [6.45, 7) is 1.48. The second-order valence-corrected chi connectivity index (χ2v) is 5.81. The van der Waals surface area contributed by atoms with E-state index in [1.54, 1.807) is 6.07 Å². The van der Waals surface area contributed by atoms with Crippen molar-refractivity contribution in [3.8, 4) is 17.3 Å². The number of halogens is 1. The number of benzene rings is 1. The Bertz CT molecular complexity index is 798. The predicted molar refractivity (Wildman–Crippen MR) is 82.3 cm³/mol. The highest BCUT2D eigenvalue weighted by Gasteiger charge is 2.20. The van der Waals surface area contributed by atoms with E-state index in [1.165, 1.54) is 25.1 Å². The first kappa shape index (κ1) is 16.6. The van der Waals surface area contributed by atoms with Crippen molar-refractivity contribution in [1.82, 2.24) is 4.98 Å². The molecule has 1 heterocycles. The van der Waals surface area contributed by atoms with Gasteiger partial charge in [-0.1, -0.05) is 30.4 Å². The van der Waals surface area contributed by atoms with Gasteiger partial charge in [-0.15, -0.1) is 0 Å². The molecule has 0 aliphatic carbocycles. The van der Waals surface area contributed by atoms with Gasteiger partial charge >= 0.3 is 5.97 Å². The molecule has 118 valence electrons. The lowest BCUT2D eigenvalue weighted by atomic mass is 10.1. The normalized spacial score (nSPS) is 11.5. The molecule has 23 heavy (non-hydrogen) atoms. The SMILES string of the molecule is C[C@@H](CC(=O)O)C(=O)Nc1nc(-c2cccc(F)c2)c(C#N)s1. The van der Waals surface area contributed by atoms with E-state index in [0.717, 1.165) is 11.3 Å². The lowest BCUT2D eigenvalue weighted by Gasteiger charge is -2.07. The minimum atomic E-state index is -1.08. The molecule has 0 radical (unpaired) electrons. The lowest BCUT2D eigenvalue weighted by Crippen LogP contribution is -2.22. The fourth-order valence-corrected chi connectivity index (χ4v) is 2.65. The molecule has 0 saturated heterocycles. The monoisotopic (exact) mass is 333 g/mol. The first-order chi connectivity index (χ1) is 10.9. The summed E-state index contributed by atoms with van der Waals surface area (Å²) in [5, 5.41) is 20.5. The van der Waals surface area contributed by atoms with Crippen LogP contribution in [-0.4, -0.2) is 22.0 Å². The van der Waals surface area contributed by atoms with Crippen molar-refractivity contribution >= 4 is 28.3 Å². The standard InChI is InChI=1S/C15H12FN3O3S/c1-8(5-12(20)21)14(22)19-15-18-13(11(7-17)23-15)9-3-2-4-10(16)6-9/h2-4,6,8H,5H2,1H3,(H,20,21)(H,18,19,22)/t8-/m0/s1. The number of anilines is 1. The number of carbonyl (C=O) groups excluding carboxylic acids is 1. The first-order valence-corrected chi connectivity index (χ1v) is 7.42. The van der Waals surface area contributed by atoms with Gasteiger partial charge in [0, 0.05) is 11.5 Å². The van der Waals surface area contributed by atoms with Crippen molar-refractivity contribution in [3.63, 3.8) is 0 Å². The van der Waals surface area contributed by atoms with Crippen LogP contribution in [0.2, 0.25) is 0 Å². The van der Waals surface area contributed by atoms with Crippen LogP contribution in [0.4, 0.5) is 9.52 Å². The third-order valence-corrected chi connectivity index (χ3v) is 3.86. The topological polar surface area (TPSA) is 103 Å². The van der Waals surface area contributed by atoms with E-state index >= 15 is 0 Å². The largest absolute Gasteiger partial charge is 0.481 e. The van der Waals surface area contributed by atoms with Crippen molar-refractivity contribution in [2.75, 3.05) is 5.32 Å². The average Bonchev–Trinajstić information content (AvgIpc) is 2.89.